The van der Waals surface area contributed by atoms with Crippen LogP contribution in [-0.2, 0) is 23.6 Å². The molecular formula is C12H14B2F2N2O6. The number of hydrogen-bond donors (Lipinski definition) is 0. The molecule has 1 fully saturated rings. The van der Waals surface area contributed by atoms with Gasteiger partial charge in [-0.05, 0) is 13.0 Å². The molecule has 0 amide bonds. The SMILES string of the molecule is Cc1ccn(C2OC(COBC=O)C(OBC=O)C2(F)F)c(=O)n1. The van der Waals surface area contributed by atoms with Crippen molar-refractivity contribution in [2.24, 2.45) is 0 Å². The highest BCUT2D eigenvalue weighted by molar-refractivity contribution is 6.61. The van der Waals surface area contributed by atoms with E-state index >= 15 is 0 Å². The van der Waals surface area contributed by atoms with Crippen LogP contribution in [0, 0.1) is 6.92 Å². The predicted octanol–water partition coefficient (Wildman–Crippen LogP) is -1.43. The lowest BCUT2D eigenvalue weighted by Crippen LogP contribution is -2.44. The van der Waals surface area contributed by atoms with Crippen molar-refractivity contribution < 1.29 is 32.4 Å². The van der Waals surface area contributed by atoms with Crippen molar-refractivity contribution in [3.8, 4) is 0 Å². The average Bonchev–Trinajstić information content (AvgIpc) is 2.76. The van der Waals surface area contributed by atoms with Gasteiger partial charge in [0, 0.05) is 11.9 Å². The minimum atomic E-state index is -3.61. The fraction of sp³-hybridized carbons (Fsp3) is 0.500. The number of carbonyl (C=O) groups is 2. The number of alkyl halides is 2. The number of nitrogens with zero attached hydrogens (tertiary/aromatic N) is 2. The van der Waals surface area contributed by atoms with E-state index in [0.29, 0.717) is 22.6 Å². The maximum atomic E-state index is 14.6. The number of aromatic nitrogens is 2. The van der Waals surface area contributed by atoms with E-state index in [1.807, 2.05) is 0 Å². The van der Waals surface area contributed by atoms with Crippen LogP contribution in [0.5, 0.6) is 0 Å². The van der Waals surface area contributed by atoms with Crippen LogP contribution in [0.25, 0.3) is 0 Å². The summed E-state index contributed by atoms with van der Waals surface area (Å²) in [5, 5.41) is 0. The van der Waals surface area contributed by atoms with Gasteiger partial charge in [0.1, 0.15) is 24.6 Å². The van der Waals surface area contributed by atoms with Crippen LogP contribution in [0.15, 0.2) is 17.1 Å². The molecule has 0 bridgehead atoms. The lowest BCUT2D eigenvalue weighted by molar-refractivity contribution is -0.136. The molecule has 0 spiro atoms. The van der Waals surface area contributed by atoms with Gasteiger partial charge in [-0.1, -0.05) is 0 Å². The molecule has 128 valence electrons. The van der Waals surface area contributed by atoms with E-state index in [4.69, 9.17) is 14.0 Å². The Morgan fingerprint density at radius 1 is 1.42 bits per heavy atom. The van der Waals surface area contributed by atoms with E-state index in [1.165, 1.54) is 6.07 Å². The van der Waals surface area contributed by atoms with Crippen molar-refractivity contribution in [1.82, 2.24) is 9.55 Å². The first-order chi connectivity index (χ1) is 11.4. The monoisotopic (exact) mass is 342 g/mol. The molecule has 1 saturated heterocycles. The first-order valence-electron chi connectivity index (χ1n) is 7.07. The second-order valence-electron chi connectivity index (χ2n) is 5.08. The summed E-state index contributed by atoms with van der Waals surface area (Å²) in [7, 11) is -0.871. The summed E-state index contributed by atoms with van der Waals surface area (Å²) in [6, 6.07) is 1.39. The van der Waals surface area contributed by atoms with Crippen LogP contribution in [0.2, 0.25) is 0 Å². The van der Waals surface area contributed by atoms with Crippen molar-refractivity contribution in [2.75, 3.05) is 6.61 Å². The van der Waals surface area contributed by atoms with Gasteiger partial charge in [-0.2, -0.15) is 13.8 Å². The zero-order chi connectivity index (χ0) is 17.7. The molecule has 1 aliphatic heterocycles. The Morgan fingerprint density at radius 2 is 2.12 bits per heavy atom. The largest absolute Gasteiger partial charge is 0.429 e. The third-order valence-corrected chi connectivity index (χ3v) is 3.38. The lowest BCUT2D eigenvalue weighted by atomic mass is 10.0. The fourth-order valence-corrected chi connectivity index (χ4v) is 2.36. The van der Waals surface area contributed by atoms with Crippen LogP contribution in [0.4, 0.5) is 8.78 Å². The first kappa shape index (κ1) is 18.4. The second-order valence-corrected chi connectivity index (χ2v) is 5.08. The van der Waals surface area contributed by atoms with Gasteiger partial charge < -0.3 is 23.6 Å². The summed E-state index contributed by atoms with van der Waals surface area (Å²) in [6.07, 6.45) is -3.10. The van der Waals surface area contributed by atoms with E-state index in [9.17, 15) is 23.2 Å². The standard InChI is InChI=1S/C12H14B2F2N2O6/c1-7-2-3-18(11(21)17-7)10-12(15,16)9(24-14-6-20)8(23-10)4-22-13-5-19/h2-3,5-6,8-10,13-14H,4H2,1H3. The quantitative estimate of drug-likeness (QED) is 0.325. The van der Waals surface area contributed by atoms with Crippen molar-refractivity contribution in [2.45, 2.75) is 31.3 Å². The zero-order valence-electron chi connectivity index (χ0n) is 12.8. The van der Waals surface area contributed by atoms with Gasteiger partial charge in [0.15, 0.2) is 0 Å². The highest BCUT2D eigenvalue weighted by Gasteiger charge is 2.60. The molecule has 0 aromatic carbocycles. The summed E-state index contributed by atoms with van der Waals surface area (Å²) < 4.78 is 45.0. The van der Waals surface area contributed by atoms with Gasteiger partial charge in [0.25, 0.3) is 0 Å². The van der Waals surface area contributed by atoms with Gasteiger partial charge in [-0.15, -0.1) is 0 Å². The number of hydrogen-bond acceptors (Lipinski definition) is 7. The zero-order valence-corrected chi connectivity index (χ0v) is 12.8. The Kier molecular flexibility index (Phi) is 5.97. The Balaban J connectivity index is 2.29. The summed E-state index contributed by atoms with van der Waals surface area (Å²) in [5.74, 6) is -3.61. The molecule has 8 nitrogen and oxygen atoms in total. The molecule has 1 aliphatic rings. The predicted molar refractivity (Wildman–Crippen MR) is 80.7 cm³/mol. The van der Waals surface area contributed by atoms with Crippen LogP contribution in [-0.4, -0.2) is 61.6 Å². The van der Waals surface area contributed by atoms with Gasteiger partial charge in [-0.25, -0.2) is 4.79 Å². The van der Waals surface area contributed by atoms with Crippen LogP contribution < -0.4 is 5.69 Å². The molecule has 1 aromatic rings. The Hall–Kier alpha value is -1.91. The highest BCUT2D eigenvalue weighted by Crippen LogP contribution is 2.43. The topological polar surface area (TPSA) is 96.7 Å². The average molecular weight is 342 g/mol. The van der Waals surface area contributed by atoms with E-state index in [1.54, 1.807) is 6.92 Å². The molecule has 0 saturated carbocycles. The van der Waals surface area contributed by atoms with E-state index in [0.717, 1.165) is 6.20 Å². The molecule has 0 aliphatic carbocycles. The minimum absolute atomic E-state index is 0.303. The summed E-state index contributed by atoms with van der Waals surface area (Å²) in [5.41, 5.74) is -0.527. The van der Waals surface area contributed by atoms with Crippen LogP contribution in [0.3, 0.4) is 0 Å². The molecule has 24 heavy (non-hydrogen) atoms. The molecule has 3 atom stereocenters. The smallest absolute Gasteiger partial charge is 0.350 e. The second kappa shape index (κ2) is 7.77. The Morgan fingerprint density at radius 3 is 2.75 bits per heavy atom. The van der Waals surface area contributed by atoms with Crippen molar-refractivity contribution in [3.05, 3.63) is 28.4 Å². The number of aryl methyl sites for hydroxylation is 1. The molecule has 2 rings (SSSR count). The summed E-state index contributed by atoms with van der Waals surface area (Å²) in [4.78, 5) is 36.2. The van der Waals surface area contributed by atoms with E-state index in [2.05, 4.69) is 4.98 Å². The van der Waals surface area contributed by atoms with Crippen molar-refractivity contribution >= 4 is 27.3 Å². The van der Waals surface area contributed by atoms with E-state index < -0.39 is 37.5 Å². The molecule has 0 N–H and O–H groups in total. The lowest BCUT2D eigenvalue weighted by Gasteiger charge is -2.24. The summed E-state index contributed by atoms with van der Waals surface area (Å²) in [6.45, 7) is 1.19. The first-order valence-corrected chi connectivity index (χ1v) is 7.07. The molecule has 12 heteroatoms. The number of halogens is 2. The molecule has 3 unspecified atom stereocenters. The van der Waals surface area contributed by atoms with Gasteiger partial charge in [0.05, 0.1) is 6.61 Å². The van der Waals surface area contributed by atoms with Gasteiger partial charge in [0.2, 0.25) is 6.23 Å². The fourth-order valence-electron chi connectivity index (χ4n) is 2.36. The normalized spacial score (nSPS) is 25.2. The maximum Gasteiger partial charge on any atom is 0.350 e. The van der Waals surface area contributed by atoms with Crippen LogP contribution >= 0.6 is 0 Å². The number of carbonyl (C=O) groups excluding carboxylic acids is 2. The molecule has 1 aromatic heterocycles. The third kappa shape index (κ3) is 3.77. The van der Waals surface area contributed by atoms with E-state index in [-0.39, 0.29) is 14.1 Å². The molecule has 2 heterocycles. The highest BCUT2D eigenvalue weighted by atomic mass is 19.3. The van der Waals surface area contributed by atoms with Crippen molar-refractivity contribution in [3.63, 3.8) is 0 Å². The van der Waals surface area contributed by atoms with Crippen molar-refractivity contribution in [1.29, 1.82) is 0 Å². The third-order valence-electron chi connectivity index (χ3n) is 3.38. The Bertz CT molecular complexity index is 659. The molecular weight excluding hydrogens is 328 g/mol. The number of ether oxygens (including phenoxy) is 1. The molecule has 0 radical (unpaired) electrons. The summed E-state index contributed by atoms with van der Waals surface area (Å²) >= 11 is 0. The number of rotatable bonds is 8. The Labute approximate surface area is 136 Å². The van der Waals surface area contributed by atoms with Gasteiger partial charge in [-0.3, -0.25) is 4.57 Å². The maximum absolute atomic E-state index is 14.6. The van der Waals surface area contributed by atoms with Crippen LogP contribution in [0.1, 0.15) is 11.9 Å². The van der Waals surface area contributed by atoms with Gasteiger partial charge >= 0.3 is 26.6 Å². The minimum Gasteiger partial charge on any atom is -0.429 e.